The van der Waals surface area contributed by atoms with Gasteiger partial charge in [0.25, 0.3) is 10.0 Å². The Kier molecular flexibility index (Phi) is 7.34. The number of hydrogen-bond donors (Lipinski definition) is 0. The number of benzene rings is 3. The van der Waals surface area contributed by atoms with Crippen molar-refractivity contribution in [2.24, 2.45) is 0 Å². The van der Waals surface area contributed by atoms with Crippen LogP contribution in [-0.2, 0) is 14.8 Å². The van der Waals surface area contributed by atoms with Gasteiger partial charge in [0.1, 0.15) is 11.5 Å². The number of hydrogen-bond acceptors (Lipinski definition) is 7. The van der Waals surface area contributed by atoms with E-state index in [-0.39, 0.29) is 16.0 Å². The highest BCUT2D eigenvalue weighted by atomic mass is 32.2. The lowest BCUT2D eigenvalue weighted by atomic mass is 10.1. The molecule has 0 heterocycles. The number of ether oxygens (including phenoxy) is 3. The summed E-state index contributed by atoms with van der Waals surface area (Å²) in [6.45, 7) is -0.502. The number of anilines is 1. The zero-order valence-electron chi connectivity index (χ0n) is 18.3. The predicted octanol–water partition coefficient (Wildman–Crippen LogP) is 3.57. The van der Waals surface area contributed by atoms with Crippen LogP contribution in [-0.4, -0.2) is 48.0 Å². The average Bonchev–Trinajstić information content (AvgIpc) is 2.86. The zero-order chi connectivity index (χ0) is 24.0. The molecule has 0 bridgehead atoms. The fourth-order valence-electron chi connectivity index (χ4n) is 3.02. The Morgan fingerprint density at radius 3 is 2.15 bits per heavy atom. The highest BCUT2D eigenvalue weighted by Crippen LogP contribution is 2.25. The number of Topliss-reactive ketones (excluding diaryl/α,β-unsaturated/α-hetero) is 1. The van der Waals surface area contributed by atoms with Crippen LogP contribution >= 0.6 is 0 Å². The fourth-order valence-corrected chi connectivity index (χ4v) is 4.21. The summed E-state index contributed by atoms with van der Waals surface area (Å²) in [4.78, 5) is 24.9. The Morgan fingerprint density at radius 2 is 1.55 bits per heavy atom. The van der Waals surface area contributed by atoms with Crippen LogP contribution in [0.25, 0.3) is 0 Å². The minimum Gasteiger partial charge on any atom is -0.497 e. The van der Waals surface area contributed by atoms with E-state index in [9.17, 15) is 18.0 Å². The van der Waals surface area contributed by atoms with Gasteiger partial charge >= 0.3 is 5.97 Å². The number of rotatable bonds is 9. The monoisotopic (exact) mass is 469 g/mol. The van der Waals surface area contributed by atoms with Gasteiger partial charge in [-0.2, -0.15) is 0 Å². The second-order valence-electron chi connectivity index (χ2n) is 6.90. The summed E-state index contributed by atoms with van der Waals surface area (Å²) in [5, 5.41) is 0. The molecule has 33 heavy (non-hydrogen) atoms. The lowest BCUT2D eigenvalue weighted by Crippen LogP contribution is -2.26. The van der Waals surface area contributed by atoms with E-state index >= 15 is 0 Å². The molecule has 0 atom stereocenters. The van der Waals surface area contributed by atoms with Gasteiger partial charge in [0.2, 0.25) is 5.78 Å². The molecule has 0 aliphatic carbocycles. The van der Waals surface area contributed by atoms with Crippen molar-refractivity contribution in [1.82, 2.24) is 0 Å². The number of carbonyl (C=O) groups is 2. The molecule has 0 unspecified atom stereocenters. The Bertz CT molecular complexity index is 1240. The summed E-state index contributed by atoms with van der Waals surface area (Å²) in [6, 6.07) is 18.6. The van der Waals surface area contributed by atoms with Crippen LogP contribution in [0.1, 0.15) is 20.7 Å². The van der Waals surface area contributed by atoms with Crippen LogP contribution in [0.5, 0.6) is 11.5 Å². The van der Waals surface area contributed by atoms with Crippen LogP contribution in [0.15, 0.2) is 77.7 Å². The van der Waals surface area contributed by atoms with E-state index < -0.39 is 28.4 Å². The van der Waals surface area contributed by atoms with Crippen LogP contribution in [0, 0.1) is 0 Å². The normalized spacial score (nSPS) is 10.9. The summed E-state index contributed by atoms with van der Waals surface area (Å²) in [6.07, 6.45) is 0. The molecule has 3 rings (SSSR count). The summed E-state index contributed by atoms with van der Waals surface area (Å²) in [5.74, 6) is -0.386. The molecule has 3 aromatic carbocycles. The number of sulfonamides is 1. The van der Waals surface area contributed by atoms with E-state index in [2.05, 4.69) is 0 Å². The molecule has 0 amide bonds. The number of methoxy groups -OCH3 is 2. The van der Waals surface area contributed by atoms with Gasteiger partial charge in [0.05, 0.1) is 35.9 Å². The lowest BCUT2D eigenvalue weighted by Gasteiger charge is -2.19. The molecule has 0 aliphatic heterocycles. The fraction of sp³-hybridized carbons (Fsp3) is 0.167. The van der Waals surface area contributed by atoms with Crippen molar-refractivity contribution in [2.45, 2.75) is 4.90 Å². The molecule has 0 saturated carbocycles. The molecule has 3 aromatic rings. The van der Waals surface area contributed by atoms with Crippen molar-refractivity contribution in [3.63, 3.8) is 0 Å². The molecular weight excluding hydrogens is 446 g/mol. The largest absolute Gasteiger partial charge is 0.497 e. The maximum absolute atomic E-state index is 12.8. The van der Waals surface area contributed by atoms with Crippen molar-refractivity contribution < 1.29 is 32.2 Å². The minimum absolute atomic E-state index is 0.0180. The lowest BCUT2D eigenvalue weighted by molar-refractivity contribution is 0.0474. The first-order valence-corrected chi connectivity index (χ1v) is 11.3. The molecule has 0 spiro atoms. The van der Waals surface area contributed by atoms with Crippen molar-refractivity contribution in [2.75, 3.05) is 32.2 Å². The van der Waals surface area contributed by atoms with E-state index in [1.165, 1.54) is 51.6 Å². The number of esters is 1. The van der Waals surface area contributed by atoms with Gasteiger partial charge in [-0.3, -0.25) is 9.10 Å². The third kappa shape index (κ3) is 5.32. The third-order valence-corrected chi connectivity index (χ3v) is 6.71. The average molecular weight is 470 g/mol. The van der Waals surface area contributed by atoms with Gasteiger partial charge in [-0.05, 0) is 48.5 Å². The first-order valence-electron chi connectivity index (χ1n) is 9.84. The van der Waals surface area contributed by atoms with E-state index in [0.717, 1.165) is 4.31 Å². The van der Waals surface area contributed by atoms with E-state index in [4.69, 9.17) is 14.2 Å². The highest BCUT2D eigenvalue weighted by Gasteiger charge is 2.22. The molecule has 172 valence electrons. The van der Waals surface area contributed by atoms with Crippen molar-refractivity contribution in [3.8, 4) is 11.5 Å². The van der Waals surface area contributed by atoms with E-state index in [1.807, 2.05) is 0 Å². The Hall–Kier alpha value is -3.85. The van der Waals surface area contributed by atoms with Gasteiger partial charge in [-0.1, -0.05) is 18.2 Å². The van der Waals surface area contributed by atoms with Gasteiger partial charge in [-0.15, -0.1) is 0 Å². The molecule has 0 radical (unpaired) electrons. The second-order valence-corrected chi connectivity index (χ2v) is 8.87. The van der Waals surface area contributed by atoms with E-state index in [0.29, 0.717) is 17.2 Å². The molecular formula is C24H23NO7S. The second kappa shape index (κ2) is 10.2. The Morgan fingerprint density at radius 1 is 0.879 bits per heavy atom. The molecule has 8 nitrogen and oxygen atoms in total. The number of nitrogens with zero attached hydrogens (tertiary/aromatic N) is 1. The maximum atomic E-state index is 12.8. The molecule has 0 N–H and O–H groups in total. The van der Waals surface area contributed by atoms with Crippen molar-refractivity contribution in [1.29, 1.82) is 0 Å². The molecule has 0 fully saturated rings. The van der Waals surface area contributed by atoms with Gasteiger partial charge in [-0.25, -0.2) is 13.2 Å². The molecule has 9 heteroatoms. The standard InChI is InChI=1S/C24H23NO7S/c1-25(18-7-5-4-6-8-18)33(28,29)20-12-9-17(10-13-20)24(27)32-16-22(26)21-14-11-19(30-2)15-23(21)31-3/h4-15H,16H2,1-3H3. The number of carbonyl (C=O) groups excluding carboxylic acids is 2. The first kappa shape index (κ1) is 23.8. The summed E-state index contributed by atoms with van der Waals surface area (Å²) >= 11 is 0. The van der Waals surface area contributed by atoms with Crippen molar-refractivity contribution in [3.05, 3.63) is 83.9 Å². The summed E-state index contributed by atoms with van der Waals surface area (Å²) in [5.41, 5.74) is 0.871. The minimum atomic E-state index is -3.81. The van der Waals surface area contributed by atoms with Gasteiger partial charge < -0.3 is 14.2 Å². The smallest absolute Gasteiger partial charge is 0.338 e. The SMILES string of the molecule is COc1ccc(C(=O)COC(=O)c2ccc(S(=O)(=O)N(C)c3ccccc3)cc2)c(OC)c1. The predicted molar refractivity (Wildman–Crippen MR) is 123 cm³/mol. The highest BCUT2D eigenvalue weighted by molar-refractivity contribution is 7.92. The third-order valence-electron chi connectivity index (χ3n) is 4.91. The van der Waals surface area contributed by atoms with Gasteiger partial charge in [0.15, 0.2) is 6.61 Å². The molecule has 0 aliphatic rings. The summed E-state index contributed by atoms with van der Waals surface area (Å²) in [7, 11) is 0.557. The number of ketones is 1. The first-order chi connectivity index (χ1) is 15.8. The van der Waals surface area contributed by atoms with Crippen molar-refractivity contribution >= 4 is 27.5 Å². The van der Waals surface area contributed by atoms with Crippen LogP contribution in [0.4, 0.5) is 5.69 Å². The van der Waals surface area contributed by atoms with Crippen LogP contribution in [0.2, 0.25) is 0 Å². The maximum Gasteiger partial charge on any atom is 0.338 e. The molecule has 0 saturated heterocycles. The van der Waals surface area contributed by atoms with Crippen LogP contribution in [0.3, 0.4) is 0 Å². The van der Waals surface area contributed by atoms with E-state index in [1.54, 1.807) is 42.5 Å². The molecule has 0 aromatic heterocycles. The van der Waals surface area contributed by atoms with Gasteiger partial charge in [0, 0.05) is 13.1 Å². The van der Waals surface area contributed by atoms with Crippen LogP contribution < -0.4 is 13.8 Å². The Labute approximate surface area is 192 Å². The Balaban J connectivity index is 1.68. The topological polar surface area (TPSA) is 99.2 Å². The number of para-hydroxylation sites is 1. The zero-order valence-corrected chi connectivity index (χ0v) is 19.2. The summed E-state index contributed by atoms with van der Waals surface area (Å²) < 4.78 is 42.2. The quantitative estimate of drug-likeness (QED) is 0.349.